The fourth-order valence-electron chi connectivity index (χ4n) is 1.54. The topological polar surface area (TPSA) is 77.6 Å². The summed E-state index contributed by atoms with van der Waals surface area (Å²) in [5.74, 6) is -0.231. The quantitative estimate of drug-likeness (QED) is 0.739. The molecule has 1 aliphatic heterocycles. The first-order valence-corrected chi connectivity index (χ1v) is 5.06. The molecule has 2 heterocycles. The number of nitrogens with two attached hydrogens (primary N) is 1. The molecule has 1 amide bonds. The van der Waals surface area contributed by atoms with Crippen molar-refractivity contribution in [2.24, 2.45) is 0 Å². The van der Waals surface area contributed by atoms with Gasteiger partial charge >= 0.3 is 0 Å². The third-order valence-electron chi connectivity index (χ3n) is 2.34. The molecule has 1 fully saturated rings. The van der Waals surface area contributed by atoms with Gasteiger partial charge in [-0.3, -0.25) is 14.4 Å². The van der Waals surface area contributed by atoms with E-state index in [2.05, 4.69) is 0 Å². The maximum atomic E-state index is 11.7. The molecule has 0 radical (unpaired) electrons. The molecule has 86 valence electrons. The minimum atomic E-state index is -0.248. The van der Waals surface area contributed by atoms with Crippen LogP contribution in [0.5, 0.6) is 0 Å². The molecule has 6 nitrogen and oxygen atoms in total. The second-order valence-corrected chi connectivity index (χ2v) is 3.61. The number of rotatable bonds is 2. The summed E-state index contributed by atoms with van der Waals surface area (Å²) in [6.07, 6.45) is 2.29. The summed E-state index contributed by atoms with van der Waals surface area (Å²) >= 11 is 0. The average Bonchev–Trinajstić information content (AvgIpc) is 2.76. The van der Waals surface area contributed by atoms with Gasteiger partial charge in [-0.05, 0) is 12.5 Å². The summed E-state index contributed by atoms with van der Waals surface area (Å²) in [7, 11) is 0. The molecule has 0 saturated carbocycles. The lowest BCUT2D eigenvalue weighted by Crippen LogP contribution is -2.33. The first-order valence-electron chi connectivity index (χ1n) is 5.06. The van der Waals surface area contributed by atoms with E-state index in [0.29, 0.717) is 18.8 Å². The van der Waals surface area contributed by atoms with Gasteiger partial charge < -0.3 is 10.3 Å². The van der Waals surface area contributed by atoms with Crippen LogP contribution in [-0.4, -0.2) is 28.7 Å². The van der Waals surface area contributed by atoms with Crippen LogP contribution >= 0.6 is 0 Å². The zero-order chi connectivity index (χ0) is 11.5. The number of anilines is 1. The highest BCUT2D eigenvalue weighted by molar-refractivity contribution is 5.75. The maximum absolute atomic E-state index is 11.7. The van der Waals surface area contributed by atoms with Crippen LogP contribution in [0.15, 0.2) is 23.1 Å². The Morgan fingerprint density at radius 1 is 1.50 bits per heavy atom. The van der Waals surface area contributed by atoms with E-state index in [4.69, 9.17) is 10.6 Å². The summed E-state index contributed by atoms with van der Waals surface area (Å²) < 4.78 is 1.28. The monoisotopic (exact) mass is 223 g/mol. The lowest BCUT2D eigenvalue weighted by molar-refractivity contribution is -0.169. The van der Waals surface area contributed by atoms with Crippen molar-refractivity contribution in [3.05, 3.63) is 28.7 Å². The number of pyridine rings is 1. The molecule has 0 aliphatic carbocycles. The number of carbonyl (C=O) groups is 1. The predicted molar refractivity (Wildman–Crippen MR) is 57.4 cm³/mol. The van der Waals surface area contributed by atoms with Gasteiger partial charge in [-0.15, -0.1) is 0 Å². The molecule has 2 N–H and O–H groups in total. The minimum absolute atomic E-state index is 0.0378. The Kier molecular flexibility index (Phi) is 2.91. The highest BCUT2D eigenvalue weighted by atomic mass is 16.7. The van der Waals surface area contributed by atoms with Gasteiger partial charge in [-0.1, -0.05) is 0 Å². The molecule has 1 aliphatic rings. The molecule has 0 spiro atoms. The van der Waals surface area contributed by atoms with Crippen LogP contribution in [0.2, 0.25) is 0 Å². The van der Waals surface area contributed by atoms with E-state index < -0.39 is 0 Å². The van der Waals surface area contributed by atoms with Gasteiger partial charge in [0.25, 0.3) is 11.5 Å². The average molecular weight is 223 g/mol. The lowest BCUT2D eigenvalue weighted by atomic mass is 10.4. The van der Waals surface area contributed by atoms with Crippen molar-refractivity contribution in [3.8, 4) is 0 Å². The van der Waals surface area contributed by atoms with Gasteiger partial charge in [0.05, 0.1) is 13.2 Å². The summed E-state index contributed by atoms with van der Waals surface area (Å²) in [4.78, 5) is 28.2. The fraction of sp³-hybridized carbons (Fsp3) is 0.400. The summed E-state index contributed by atoms with van der Waals surface area (Å²) in [6.45, 7) is 1.09. The molecule has 1 aromatic rings. The van der Waals surface area contributed by atoms with Gasteiger partial charge in [0.15, 0.2) is 0 Å². The van der Waals surface area contributed by atoms with Gasteiger partial charge in [-0.25, -0.2) is 5.06 Å². The molecule has 0 atom stereocenters. The third-order valence-corrected chi connectivity index (χ3v) is 2.34. The fourth-order valence-corrected chi connectivity index (χ4v) is 1.54. The number of hydrogen-bond donors (Lipinski definition) is 1. The van der Waals surface area contributed by atoms with Crippen molar-refractivity contribution in [1.29, 1.82) is 0 Å². The maximum Gasteiger partial charge on any atom is 0.266 e. The smallest absolute Gasteiger partial charge is 0.266 e. The van der Waals surface area contributed by atoms with Gasteiger partial charge in [0, 0.05) is 18.0 Å². The highest BCUT2D eigenvalue weighted by Crippen LogP contribution is 2.05. The first kappa shape index (κ1) is 10.7. The predicted octanol–water partition coefficient (Wildman–Crippen LogP) is -0.406. The van der Waals surface area contributed by atoms with Crippen LogP contribution in [-0.2, 0) is 16.2 Å². The van der Waals surface area contributed by atoms with Crippen LogP contribution in [0, 0.1) is 0 Å². The molecule has 1 saturated heterocycles. The molecule has 2 rings (SSSR count). The second-order valence-electron chi connectivity index (χ2n) is 3.61. The molecule has 0 unspecified atom stereocenters. The Balaban J connectivity index is 2.11. The Morgan fingerprint density at radius 2 is 2.31 bits per heavy atom. The third kappa shape index (κ3) is 2.22. The minimum Gasteiger partial charge on any atom is -0.398 e. The van der Waals surface area contributed by atoms with Crippen LogP contribution in [0.3, 0.4) is 0 Å². The number of hydrogen-bond acceptors (Lipinski definition) is 4. The summed E-state index contributed by atoms with van der Waals surface area (Å²) in [5.41, 5.74) is 5.75. The van der Waals surface area contributed by atoms with E-state index in [1.807, 2.05) is 0 Å². The Bertz CT molecular complexity index is 449. The van der Waals surface area contributed by atoms with Crippen molar-refractivity contribution >= 4 is 11.6 Å². The van der Waals surface area contributed by atoms with E-state index in [1.165, 1.54) is 28.0 Å². The van der Waals surface area contributed by atoms with Crippen molar-refractivity contribution < 1.29 is 9.63 Å². The summed E-state index contributed by atoms with van der Waals surface area (Å²) in [6, 6.07) is 2.85. The van der Waals surface area contributed by atoms with E-state index in [1.54, 1.807) is 0 Å². The largest absolute Gasteiger partial charge is 0.398 e. The highest BCUT2D eigenvalue weighted by Gasteiger charge is 2.19. The second kappa shape index (κ2) is 4.36. The molecule has 16 heavy (non-hydrogen) atoms. The normalized spacial score (nSPS) is 15.4. The molecular formula is C10H13N3O3. The van der Waals surface area contributed by atoms with E-state index >= 15 is 0 Å². The summed E-state index contributed by atoms with van der Waals surface area (Å²) in [5, 5.41) is 1.29. The van der Waals surface area contributed by atoms with Crippen molar-refractivity contribution in [1.82, 2.24) is 9.63 Å². The zero-order valence-corrected chi connectivity index (χ0v) is 8.76. The SMILES string of the molecule is Nc1ccc(=O)n(CC(=O)N2CCCO2)c1. The zero-order valence-electron chi connectivity index (χ0n) is 8.76. The van der Waals surface area contributed by atoms with Crippen LogP contribution in [0.4, 0.5) is 5.69 Å². The van der Waals surface area contributed by atoms with E-state index in [9.17, 15) is 9.59 Å². The lowest BCUT2D eigenvalue weighted by Gasteiger charge is -2.14. The van der Waals surface area contributed by atoms with E-state index in [0.717, 1.165) is 6.42 Å². The van der Waals surface area contributed by atoms with Crippen molar-refractivity contribution in [2.45, 2.75) is 13.0 Å². The van der Waals surface area contributed by atoms with E-state index in [-0.39, 0.29) is 18.0 Å². The molecule has 0 bridgehead atoms. The van der Waals surface area contributed by atoms with Gasteiger partial charge in [0.2, 0.25) is 0 Å². The molecular weight excluding hydrogens is 210 g/mol. The van der Waals surface area contributed by atoms with Crippen molar-refractivity contribution in [2.75, 3.05) is 18.9 Å². The standard InChI is InChI=1S/C10H13N3O3/c11-8-2-3-9(14)12(6-8)7-10(15)13-4-1-5-16-13/h2-3,6H,1,4-5,7,11H2. The molecule has 6 heteroatoms. The number of aromatic nitrogens is 1. The van der Waals surface area contributed by atoms with Crippen LogP contribution in [0.25, 0.3) is 0 Å². The number of amides is 1. The van der Waals surface area contributed by atoms with Crippen molar-refractivity contribution in [3.63, 3.8) is 0 Å². The van der Waals surface area contributed by atoms with Crippen LogP contribution < -0.4 is 11.3 Å². The first-order chi connectivity index (χ1) is 7.66. The Hall–Kier alpha value is -1.82. The number of nitrogen functional groups attached to an aromatic ring is 1. The number of carbonyl (C=O) groups excluding carboxylic acids is 1. The molecule has 0 aromatic carbocycles. The van der Waals surface area contributed by atoms with Crippen LogP contribution in [0.1, 0.15) is 6.42 Å². The Labute approximate surface area is 92.2 Å². The number of nitrogens with zero attached hydrogens (tertiary/aromatic N) is 2. The van der Waals surface area contributed by atoms with Gasteiger partial charge in [0.1, 0.15) is 6.54 Å². The Morgan fingerprint density at radius 3 is 3.00 bits per heavy atom. The number of hydroxylamine groups is 2. The van der Waals surface area contributed by atoms with Gasteiger partial charge in [-0.2, -0.15) is 0 Å². The molecule has 1 aromatic heterocycles.